The molecule has 10 nitrogen and oxygen atoms in total. The van der Waals surface area contributed by atoms with Crippen LogP contribution in [0.2, 0.25) is 5.02 Å². The second-order valence-corrected chi connectivity index (χ2v) is 9.69. The van der Waals surface area contributed by atoms with Gasteiger partial charge in [0.1, 0.15) is 6.07 Å². The molecule has 0 aliphatic heterocycles. The molecule has 0 saturated carbocycles. The van der Waals surface area contributed by atoms with Crippen molar-refractivity contribution in [3.05, 3.63) is 58.5 Å². The number of aromatic nitrogens is 4. The van der Waals surface area contributed by atoms with Gasteiger partial charge in [-0.15, -0.1) is 5.10 Å². The minimum Gasteiger partial charge on any atom is -0.346 e. The molecule has 0 radical (unpaired) electrons. The van der Waals surface area contributed by atoms with Gasteiger partial charge in [-0.2, -0.15) is 14.9 Å². The molecule has 166 valence electrons. The second-order valence-electron chi connectivity index (χ2n) is 7.24. The summed E-state index contributed by atoms with van der Waals surface area (Å²) in [6.45, 7) is 1.71. The number of sulfone groups is 1. The number of pyridine rings is 1. The molecule has 1 aromatic carbocycles. The monoisotopic (exact) mass is 473 g/mol. The third-order valence-electron chi connectivity index (χ3n) is 4.41. The number of nitrogens with one attached hydrogen (secondary N) is 1. The number of amides is 1. The van der Waals surface area contributed by atoms with E-state index < -0.39 is 21.8 Å². The first-order chi connectivity index (χ1) is 15.0. The van der Waals surface area contributed by atoms with Gasteiger partial charge in [-0.05, 0) is 37.3 Å². The Labute approximate surface area is 190 Å². The van der Waals surface area contributed by atoms with Crippen LogP contribution in [-0.4, -0.2) is 54.4 Å². The molecule has 3 rings (SSSR count). The third-order valence-corrected chi connectivity index (χ3v) is 5.72. The third kappa shape index (κ3) is 5.04. The predicted molar refractivity (Wildman–Crippen MR) is 119 cm³/mol. The van der Waals surface area contributed by atoms with Crippen LogP contribution in [0, 0.1) is 11.3 Å². The van der Waals surface area contributed by atoms with E-state index in [9.17, 15) is 13.2 Å². The van der Waals surface area contributed by atoms with Crippen LogP contribution in [0.25, 0.3) is 5.82 Å². The number of anilines is 1. The normalized spacial score (nSPS) is 12.1. The number of hydrogen-bond acceptors (Lipinski definition) is 8. The van der Waals surface area contributed by atoms with E-state index in [1.807, 2.05) is 6.07 Å². The number of nitriles is 1. The van der Waals surface area contributed by atoms with E-state index in [1.54, 1.807) is 38.1 Å². The van der Waals surface area contributed by atoms with Crippen molar-refractivity contribution >= 4 is 33.3 Å². The van der Waals surface area contributed by atoms with E-state index in [0.717, 1.165) is 6.26 Å². The Morgan fingerprint density at radius 2 is 2.00 bits per heavy atom. The van der Waals surface area contributed by atoms with Crippen molar-refractivity contribution < 1.29 is 13.2 Å². The van der Waals surface area contributed by atoms with Crippen molar-refractivity contribution in [3.63, 3.8) is 0 Å². The van der Waals surface area contributed by atoms with Crippen LogP contribution in [0.1, 0.15) is 34.7 Å². The number of rotatable bonds is 6. The van der Waals surface area contributed by atoms with Gasteiger partial charge in [0.15, 0.2) is 21.5 Å². The summed E-state index contributed by atoms with van der Waals surface area (Å²) in [7, 11) is 0.00648. The largest absolute Gasteiger partial charge is 0.346 e. The molecule has 1 atom stereocenters. The highest BCUT2D eigenvalue weighted by molar-refractivity contribution is 7.90. The maximum absolute atomic E-state index is 12.8. The molecule has 2 heterocycles. The van der Waals surface area contributed by atoms with E-state index in [2.05, 4.69) is 20.4 Å². The summed E-state index contributed by atoms with van der Waals surface area (Å²) in [5, 5.41) is 16.3. The number of hydrogen-bond donors (Lipinski definition) is 1. The summed E-state index contributed by atoms with van der Waals surface area (Å²) >= 11 is 6.01. The predicted octanol–water partition coefficient (Wildman–Crippen LogP) is 2.15. The molecule has 12 heteroatoms. The molecule has 0 bridgehead atoms. The Morgan fingerprint density at radius 3 is 2.56 bits per heavy atom. The topological polar surface area (TPSA) is 134 Å². The van der Waals surface area contributed by atoms with Crippen LogP contribution in [-0.2, 0) is 9.84 Å². The molecule has 1 N–H and O–H groups in total. The lowest BCUT2D eigenvalue weighted by Gasteiger charge is -2.15. The van der Waals surface area contributed by atoms with Crippen molar-refractivity contribution in [1.29, 1.82) is 5.26 Å². The zero-order valence-electron chi connectivity index (χ0n) is 17.7. The smallest absolute Gasteiger partial charge is 0.251 e. The number of benzene rings is 1. The molecule has 2 aromatic heterocycles. The zero-order valence-corrected chi connectivity index (χ0v) is 19.3. The lowest BCUT2D eigenvalue weighted by Crippen LogP contribution is -2.29. The molecule has 0 aliphatic carbocycles. The highest BCUT2D eigenvalue weighted by Crippen LogP contribution is 2.22. The first kappa shape index (κ1) is 23.2. The van der Waals surface area contributed by atoms with Crippen LogP contribution in [0.5, 0.6) is 0 Å². The average Bonchev–Trinajstić information content (AvgIpc) is 3.18. The number of carbonyl (C=O) groups excluding carboxylic acids is 1. The Balaban J connectivity index is 1.95. The summed E-state index contributed by atoms with van der Waals surface area (Å²) in [6.07, 6.45) is 2.46. The van der Waals surface area contributed by atoms with Gasteiger partial charge in [0.05, 0.1) is 16.5 Å². The van der Waals surface area contributed by atoms with Gasteiger partial charge in [-0.1, -0.05) is 11.6 Å². The summed E-state index contributed by atoms with van der Waals surface area (Å²) in [6, 6.07) is 8.54. The van der Waals surface area contributed by atoms with Crippen molar-refractivity contribution in [2.45, 2.75) is 17.9 Å². The summed E-state index contributed by atoms with van der Waals surface area (Å²) in [4.78, 5) is 23.2. The van der Waals surface area contributed by atoms with Gasteiger partial charge in [-0.25, -0.2) is 13.4 Å². The average molecular weight is 474 g/mol. The van der Waals surface area contributed by atoms with Crippen molar-refractivity contribution in [1.82, 2.24) is 25.1 Å². The van der Waals surface area contributed by atoms with E-state index in [-0.39, 0.29) is 15.5 Å². The minimum atomic E-state index is -3.54. The van der Waals surface area contributed by atoms with Crippen LogP contribution < -0.4 is 10.2 Å². The van der Waals surface area contributed by atoms with Crippen LogP contribution >= 0.6 is 11.6 Å². The first-order valence-corrected chi connectivity index (χ1v) is 11.6. The maximum Gasteiger partial charge on any atom is 0.251 e. The molecule has 0 saturated heterocycles. The van der Waals surface area contributed by atoms with Crippen molar-refractivity contribution in [3.8, 4) is 11.9 Å². The summed E-state index contributed by atoms with van der Waals surface area (Å²) in [5.41, 5.74) is 0.493. The van der Waals surface area contributed by atoms with Gasteiger partial charge >= 0.3 is 0 Å². The van der Waals surface area contributed by atoms with Gasteiger partial charge in [-0.3, -0.25) is 4.79 Å². The fraction of sp³-hybridized carbons (Fsp3) is 0.250. The van der Waals surface area contributed by atoms with Gasteiger partial charge in [0.2, 0.25) is 5.95 Å². The molecule has 1 amide bonds. The Kier molecular flexibility index (Phi) is 6.47. The van der Waals surface area contributed by atoms with Crippen LogP contribution in [0.15, 0.2) is 41.4 Å². The highest BCUT2D eigenvalue weighted by Gasteiger charge is 2.22. The lowest BCUT2D eigenvalue weighted by atomic mass is 10.2. The van der Waals surface area contributed by atoms with Crippen LogP contribution in [0.4, 0.5) is 5.95 Å². The molecule has 0 aliphatic rings. The highest BCUT2D eigenvalue weighted by atomic mass is 35.5. The SMILES string of the molecule is CC(NC(=O)c1cc(Cl)cc(S(C)(=O)=O)c1)c1nc(N(C)C)nn1-c1ccc(C#N)cn1. The fourth-order valence-corrected chi connectivity index (χ4v) is 3.76. The van der Waals surface area contributed by atoms with E-state index in [0.29, 0.717) is 23.2 Å². The zero-order chi connectivity index (χ0) is 23.6. The maximum atomic E-state index is 12.8. The van der Waals surface area contributed by atoms with Crippen LogP contribution in [0.3, 0.4) is 0 Å². The lowest BCUT2D eigenvalue weighted by molar-refractivity contribution is 0.0937. The van der Waals surface area contributed by atoms with E-state index >= 15 is 0 Å². The van der Waals surface area contributed by atoms with E-state index in [4.69, 9.17) is 16.9 Å². The molecule has 1 unspecified atom stereocenters. The van der Waals surface area contributed by atoms with E-state index in [1.165, 1.54) is 29.1 Å². The number of nitrogens with zero attached hydrogens (tertiary/aromatic N) is 6. The molecule has 0 spiro atoms. The number of carbonyl (C=O) groups is 1. The standard InChI is InChI=1S/C20H20ClN7O3S/c1-12(24-19(29)14-7-15(21)9-16(8-14)32(4,30)31)18-25-20(27(2)3)26-28(18)17-6-5-13(10-22)11-23-17/h5-9,11-12H,1-4H3,(H,24,29). The summed E-state index contributed by atoms with van der Waals surface area (Å²) < 4.78 is 25.2. The van der Waals surface area contributed by atoms with Gasteiger partial charge < -0.3 is 10.2 Å². The first-order valence-electron chi connectivity index (χ1n) is 9.32. The second kappa shape index (κ2) is 8.94. The summed E-state index contributed by atoms with van der Waals surface area (Å²) in [5.74, 6) is 0.681. The van der Waals surface area contributed by atoms with Crippen molar-refractivity contribution in [2.24, 2.45) is 0 Å². The Morgan fingerprint density at radius 1 is 1.28 bits per heavy atom. The van der Waals surface area contributed by atoms with Gasteiger partial charge in [0.25, 0.3) is 5.91 Å². The quantitative estimate of drug-likeness (QED) is 0.575. The molecular formula is C20H20ClN7O3S. The molecule has 32 heavy (non-hydrogen) atoms. The molecule has 3 aromatic rings. The number of halogens is 1. The molecular weight excluding hydrogens is 454 g/mol. The Hall–Kier alpha value is -3.49. The fourth-order valence-electron chi connectivity index (χ4n) is 2.78. The van der Waals surface area contributed by atoms with Crippen molar-refractivity contribution in [2.75, 3.05) is 25.3 Å². The van der Waals surface area contributed by atoms with Gasteiger partial charge in [0, 0.05) is 37.1 Å². The molecule has 0 fully saturated rings. The minimum absolute atomic E-state index is 0.0531. The Bertz CT molecular complexity index is 1310.